The number of benzene rings is 2. The summed E-state index contributed by atoms with van der Waals surface area (Å²) < 4.78 is 62.9. The number of carbonyl (C=O) groups is 1. The standard InChI is InChI=1S/C18H14F3N3O3S2/c1-28-18-22-10-15(24(18)13-6-2-11(19)3-7-13)16(25)23-12-4-8-14(9-5-12)29(26,27)17(20)21/h2-10,17H,1H3,(H,23,25). The summed E-state index contributed by atoms with van der Waals surface area (Å²) in [5, 5.41) is 3.06. The first kappa shape index (κ1) is 20.9. The maximum Gasteiger partial charge on any atom is 0.341 e. The van der Waals surface area contributed by atoms with Crippen molar-refractivity contribution in [3.63, 3.8) is 0 Å². The van der Waals surface area contributed by atoms with Gasteiger partial charge in [0.1, 0.15) is 11.5 Å². The Morgan fingerprint density at radius 1 is 1.10 bits per heavy atom. The van der Waals surface area contributed by atoms with Crippen LogP contribution in [-0.4, -0.2) is 35.9 Å². The number of thioether (sulfide) groups is 1. The van der Waals surface area contributed by atoms with Crippen LogP contribution in [0, 0.1) is 5.82 Å². The molecule has 0 saturated carbocycles. The van der Waals surface area contributed by atoms with E-state index in [2.05, 4.69) is 10.3 Å². The van der Waals surface area contributed by atoms with Crippen LogP contribution in [0.2, 0.25) is 0 Å². The fourth-order valence-electron chi connectivity index (χ4n) is 2.50. The van der Waals surface area contributed by atoms with Gasteiger partial charge in [0.2, 0.25) is 9.84 Å². The van der Waals surface area contributed by atoms with Crippen molar-refractivity contribution in [3.8, 4) is 5.69 Å². The summed E-state index contributed by atoms with van der Waals surface area (Å²) in [6, 6.07) is 9.90. The Balaban J connectivity index is 1.88. The fourth-order valence-corrected chi connectivity index (χ4v) is 3.77. The highest BCUT2D eigenvalue weighted by atomic mass is 32.2. The number of anilines is 1. The van der Waals surface area contributed by atoms with Crippen molar-refractivity contribution < 1.29 is 26.4 Å². The van der Waals surface area contributed by atoms with E-state index in [1.54, 1.807) is 6.26 Å². The van der Waals surface area contributed by atoms with Crippen LogP contribution in [0.3, 0.4) is 0 Å². The van der Waals surface area contributed by atoms with E-state index in [1.165, 1.54) is 58.9 Å². The number of amides is 1. The molecule has 0 bridgehead atoms. The number of nitrogens with one attached hydrogen (secondary N) is 1. The Morgan fingerprint density at radius 3 is 2.28 bits per heavy atom. The smallest absolute Gasteiger partial charge is 0.321 e. The number of carbonyl (C=O) groups excluding carboxylic acids is 1. The summed E-state index contributed by atoms with van der Waals surface area (Å²) in [5.74, 6) is -4.52. The number of sulfone groups is 1. The van der Waals surface area contributed by atoms with Gasteiger partial charge in [-0.3, -0.25) is 9.36 Å². The maximum absolute atomic E-state index is 13.2. The van der Waals surface area contributed by atoms with Crippen molar-refractivity contribution in [2.24, 2.45) is 0 Å². The molecule has 0 spiro atoms. The largest absolute Gasteiger partial charge is 0.341 e. The predicted molar refractivity (Wildman–Crippen MR) is 103 cm³/mol. The lowest BCUT2D eigenvalue weighted by Crippen LogP contribution is -2.17. The second kappa shape index (κ2) is 8.29. The van der Waals surface area contributed by atoms with E-state index >= 15 is 0 Å². The van der Waals surface area contributed by atoms with E-state index in [0.29, 0.717) is 10.8 Å². The molecule has 2 aromatic carbocycles. The van der Waals surface area contributed by atoms with Crippen LogP contribution in [0.15, 0.2) is 64.8 Å². The van der Waals surface area contributed by atoms with E-state index in [4.69, 9.17) is 0 Å². The number of aromatic nitrogens is 2. The summed E-state index contributed by atoms with van der Waals surface area (Å²) in [6.45, 7) is 0. The molecule has 0 atom stereocenters. The summed E-state index contributed by atoms with van der Waals surface area (Å²) >= 11 is 1.29. The molecule has 152 valence electrons. The third kappa shape index (κ3) is 4.30. The highest BCUT2D eigenvalue weighted by molar-refractivity contribution is 7.98. The minimum Gasteiger partial charge on any atom is -0.321 e. The first-order chi connectivity index (χ1) is 13.7. The topological polar surface area (TPSA) is 81.1 Å². The molecule has 0 fully saturated rings. The van der Waals surface area contributed by atoms with Crippen LogP contribution in [0.1, 0.15) is 10.5 Å². The first-order valence-electron chi connectivity index (χ1n) is 8.05. The molecule has 0 aliphatic rings. The van der Waals surface area contributed by atoms with Gasteiger partial charge < -0.3 is 5.32 Å². The molecule has 0 aliphatic heterocycles. The molecule has 6 nitrogen and oxygen atoms in total. The van der Waals surface area contributed by atoms with E-state index in [1.807, 2.05) is 0 Å². The van der Waals surface area contributed by atoms with Gasteiger partial charge in [0.25, 0.3) is 5.91 Å². The molecule has 0 saturated heterocycles. The van der Waals surface area contributed by atoms with E-state index in [0.717, 1.165) is 12.1 Å². The second-order valence-electron chi connectivity index (χ2n) is 5.73. The molecular formula is C18H14F3N3O3S2. The van der Waals surface area contributed by atoms with Gasteiger partial charge in [-0.05, 0) is 54.8 Å². The van der Waals surface area contributed by atoms with E-state index in [9.17, 15) is 26.4 Å². The van der Waals surface area contributed by atoms with Crippen molar-refractivity contribution in [3.05, 3.63) is 66.2 Å². The van der Waals surface area contributed by atoms with Gasteiger partial charge in [-0.25, -0.2) is 17.8 Å². The van der Waals surface area contributed by atoms with Crippen LogP contribution >= 0.6 is 11.8 Å². The van der Waals surface area contributed by atoms with Gasteiger partial charge in [0.15, 0.2) is 5.16 Å². The number of halogens is 3. The second-order valence-corrected chi connectivity index (χ2v) is 8.42. The van der Waals surface area contributed by atoms with Gasteiger partial charge in [0.05, 0.1) is 11.1 Å². The number of rotatable bonds is 6. The molecule has 3 rings (SSSR count). The molecule has 1 aromatic heterocycles. The van der Waals surface area contributed by atoms with Crippen LogP contribution in [0.25, 0.3) is 5.69 Å². The van der Waals surface area contributed by atoms with Crippen LogP contribution in [0.5, 0.6) is 0 Å². The molecule has 3 aromatic rings. The Hall–Kier alpha value is -2.79. The van der Waals surface area contributed by atoms with Crippen LogP contribution in [0.4, 0.5) is 18.9 Å². The fraction of sp³-hybridized carbons (Fsp3) is 0.111. The number of nitrogens with zero attached hydrogens (tertiary/aromatic N) is 2. The summed E-state index contributed by atoms with van der Waals surface area (Å²) in [5.41, 5.74) is 0.891. The Morgan fingerprint density at radius 2 is 1.72 bits per heavy atom. The van der Waals surface area contributed by atoms with Gasteiger partial charge >= 0.3 is 5.76 Å². The monoisotopic (exact) mass is 441 g/mol. The van der Waals surface area contributed by atoms with Crippen molar-refractivity contribution in [1.82, 2.24) is 9.55 Å². The number of hydrogen-bond acceptors (Lipinski definition) is 5. The number of hydrogen-bond donors (Lipinski definition) is 1. The van der Waals surface area contributed by atoms with Crippen molar-refractivity contribution in [1.29, 1.82) is 0 Å². The van der Waals surface area contributed by atoms with Gasteiger partial charge in [-0.15, -0.1) is 0 Å². The average Bonchev–Trinajstić information content (AvgIpc) is 3.13. The Kier molecular flexibility index (Phi) is 5.99. The summed E-state index contributed by atoms with van der Waals surface area (Å²) in [6.07, 6.45) is 3.12. The zero-order valence-corrected chi connectivity index (χ0v) is 16.5. The minimum absolute atomic E-state index is 0.158. The molecule has 1 heterocycles. The number of alkyl halides is 2. The SMILES string of the molecule is CSc1ncc(C(=O)Nc2ccc(S(=O)(=O)C(F)F)cc2)n1-c1ccc(F)cc1. The third-order valence-corrected chi connectivity index (χ3v) is 5.96. The van der Waals surface area contributed by atoms with Crippen molar-refractivity contribution in [2.75, 3.05) is 11.6 Å². The molecule has 29 heavy (non-hydrogen) atoms. The lowest BCUT2D eigenvalue weighted by Gasteiger charge is -2.11. The molecule has 0 radical (unpaired) electrons. The molecule has 11 heteroatoms. The first-order valence-corrected chi connectivity index (χ1v) is 10.8. The lowest BCUT2D eigenvalue weighted by molar-refractivity contribution is 0.102. The van der Waals surface area contributed by atoms with E-state index in [-0.39, 0.29) is 11.4 Å². The molecular weight excluding hydrogens is 427 g/mol. The van der Waals surface area contributed by atoms with Crippen molar-refractivity contribution >= 4 is 33.2 Å². The molecule has 0 unspecified atom stereocenters. The van der Waals surface area contributed by atoms with Crippen molar-refractivity contribution in [2.45, 2.75) is 15.8 Å². The minimum atomic E-state index is -4.71. The third-order valence-electron chi connectivity index (χ3n) is 3.90. The molecule has 0 aliphatic carbocycles. The zero-order chi connectivity index (χ0) is 21.2. The van der Waals surface area contributed by atoms with Gasteiger partial charge in [-0.2, -0.15) is 8.78 Å². The molecule has 1 amide bonds. The molecule has 1 N–H and O–H groups in total. The zero-order valence-electron chi connectivity index (χ0n) is 14.8. The van der Waals surface area contributed by atoms with Gasteiger partial charge in [0, 0.05) is 11.4 Å². The quantitative estimate of drug-likeness (QED) is 0.585. The van der Waals surface area contributed by atoms with Crippen LogP contribution < -0.4 is 5.32 Å². The summed E-state index contributed by atoms with van der Waals surface area (Å²) in [7, 11) is -4.71. The maximum atomic E-state index is 13.2. The highest BCUT2D eigenvalue weighted by Crippen LogP contribution is 2.24. The van der Waals surface area contributed by atoms with Crippen LogP contribution in [-0.2, 0) is 9.84 Å². The predicted octanol–water partition coefficient (Wildman–Crippen LogP) is 3.98. The Labute approximate surface area is 168 Å². The van der Waals surface area contributed by atoms with E-state index < -0.39 is 32.2 Å². The Bertz CT molecular complexity index is 1130. The normalized spacial score (nSPS) is 11.6. The summed E-state index contributed by atoms with van der Waals surface area (Å²) in [4.78, 5) is 16.3. The lowest BCUT2D eigenvalue weighted by atomic mass is 10.3. The average molecular weight is 441 g/mol. The van der Waals surface area contributed by atoms with Gasteiger partial charge in [-0.1, -0.05) is 11.8 Å². The number of imidazole rings is 1. The highest BCUT2D eigenvalue weighted by Gasteiger charge is 2.26.